The SMILES string of the molecule is CC(C)N(CCC#N)Cc1cc(C(=O)O)co1. The van der Waals surface area contributed by atoms with Gasteiger partial charge in [-0.3, -0.25) is 4.90 Å². The van der Waals surface area contributed by atoms with E-state index in [1.54, 1.807) is 0 Å². The van der Waals surface area contributed by atoms with Crippen LogP contribution in [0.25, 0.3) is 0 Å². The maximum atomic E-state index is 10.7. The molecule has 1 aromatic heterocycles. The quantitative estimate of drug-likeness (QED) is 0.818. The fourth-order valence-electron chi connectivity index (χ4n) is 1.49. The van der Waals surface area contributed by atoms with E-state index in [0.29, 0.717) is 25.3 Å². The van der Waals surface area contributed by atoms with Crippen molar-refractivity contribution < 1.29 is 14.3 Å². The van der Waals surface area contributed by atoms with Gasteiger partial charge in [0, 0.05) is 19.0 Å². The highest BCUT2D eigenvalue weighted by Crippen LogP contribution is 2.12. The molecular formula is C12H16N2O3. The lowest BCUT2D eigenvalue weighted by Gasteiger charge is -2.24. The van der Waals surface area contributed by atoms with Crippen LogP contribution in [-0.4, -0.2) is 28.6 Å². The number of nitriles is 1. The molecule has 0 aliphatic heterocycles. The average Bonchev–Trinajstić information content (AvgIpc) is 2.72. The minimum Gasteiger partial charge on any atom is -0.478 e. The smallest absolute Gasteiger partial charge is 0.338 e. The molecule has 0 bridgehead atoms. The minimum atomic E-state index is -0.992. The minimum absolute atomic E-state index is 0.156. The Labute approximate surface area is 100 Å². The molecule has 17 heavy (non-hydrogen) atoms. The number of furan rings is 1. The maximum absolute atomic E-state index is 10.7. The molecule has 1 aromatic rings. The second-order valence-electron chi connectivity index (χ2n) is 4.08. The van der Waals surface area contributed by atoms with E-state index >= 15 is 0 Å². The Bertz CT molecular complexity index is 418. The fourth-order valence-corrected chi connectivity index (χ4v) is 1.49. The van der Waals surface area contributed by atoms with Crippen LogP contribution in [0, 0.1) is 11.3 Å². The molecular weight excluding hydrogens is 220 g/mol. The Balaban J connectivity index is 2.65. The van der Waals surface area contributed by atoms with Gasteiger partial charge in [-0.15, -0.1) is 0 Å². The predicted octanol–water partition coefficient (Wildman–Crippen LogP) is 2.10. The molecule has 0 aliphatic rings. The zero-order chi connectivity index (χ0) is 12.8. The summed E-state index contributed by atoms with van der Waals surface area (Å²) >= 11 is 0. The van der Waals surface area contributed by atoms with Gasteiger partial charge in [0.25, 0.3) is 0 Å². The van der Waals surface area contributed by atoms with Gasteiger partial charge in [-0.1, -0.05) is 0 Å². The number of carbonyl (C=O) groups is 1. The molecule has 0 atom stereocenters. The summed E-state index contributed by atoms with van der Waals surface area (Å²) in [6.07, 6.45) is 1.69. The summed E-state index contributed by atoms with van der Waals surface area (Å²) in [5.41, 5.74) is 0.156. The maximum Gasteiger partial charge on any atom is 0.338 e. The van der Waals surface area contributed by atoms with Gasteiger partial charge in [-0.25, -0.2) is 4.79 Å². The first-order valence-corrected chi connectivity index (χ1v) is 5.46. The normalized spacial score (nSPS) is 10.8. The van der Waals surface area contributed by atoms with Crippen molar-refractivity contribution >= 4 is 5.97 Å². The van der Waals surface area contributed by atoms with E-state index < -0.39 is 5.97 Å². The van der Waals surface area contributed by atoms with E-state index in [1.807, 2.05) is 13.8 Å². The van der Waals surface area contributed by atoms with Crippen LogP contribution in [0.1, 0.15) is 36.4 Å². The van der Waals surface area contributed by atoms with Crippen LogP contribution < -0.4 is 0 Å². The van der Waals surface area contributed by atoms with E-state index in [2.05, 4.69) is 11.0 Å². The van der Waals surface area contributed by atoms with Crippen LogP contribution in [-0.2, 0) is 6.54 Å². The molecule has 0 radical (unpaired) electrons. The third-order valence-corrected chi connectivity index (χ3v) is 2.50. The fraction of sp³-hybridized carbons (Fsp3) is 0.500. The lowest BCUT2D eigenvalue weighted by molar-refractivity contribution is 0.0696. The zero-order valence-corrected chi connectivity index (χ0v) is 10.0. The number of hydrogen-bond acceptors (Lipinski definition) is 4. The first kappa shape index (κ1) is 13.3. The van der Waals surface area contributed by atoms with Crippen LogP contribution in [0.4, 0.5) is 0 Å². The molecule has 92 valence electrons. The summed E-state index contributed by atoms with van der Waals surface area (Å²) < 4.78 is 5.18. The molecule has 0 aromatic carbocycles. The number of carboxylic acids is 1. The molecule has 0 unspecified atom stereocenters. The largest absolute Gasteiger partial charge is 0.478 e. The predicted molar refractivity (Wildman–Crippen MR) is 61.4 cm³/mol. The highest BCUT2D eigenvalue weighted by molar-refractivity contribution is 5.87. The third-order valence-electron chi connectivity index (χ3n) is 2.50. The van der Waals surface area contributed by atoms with Gasteiger partial charge < -0.3 is 9.52 Å². The summed E-state index contributed by atoms with van der Waals surface area (Å²) in [5.74, 6) is -0.387. The number of aromatic carboxylic acids is 1. The van der Waals surface area contributed by atoms with Gasteiger partial charge in [0.15, 0.2) is 0 Å². The molecule has 1 heterocycles. The summed E-state index contributed by atoms with van der Waals surface area (Å²) in [7, 11) is 0. The Kier molecular flexibility index (Phi) is 4.73. The van der Waals surface area contributed by atoms with Crippen LogP contribution in [0.5, 0.6) is 0 Å². The van der Waals surface area contributed by atoms with Gasteiger partial charge in [-0.05, 0) is 19.9 Å². The molecule has 1 N–H and O–H groups in total. The number of carboxylic acid groups (broad SMARTS) is 1. The molecule has 0 saturated heterocycles. The highest BCUT2D eigenvalue weighted by Gasteiger charge is 2.14. The van der Waals surface area contributed by atoms with E-state index in [9.17, 15) is 4.79 Å². The first-order chi connectivity index (χ1) is 8.04. The summed E-state index contributed by atoms with van der Waals surface area (Å²) in [6.45, 7) is 5.22. The van der Waals surface area contributed by atoms with Gasteiger partial charge in [0.05, 0.1) is 18.2 Å². The van der Waals surface area contributed by atoms with Crippen molar-refractivity contribution in [2.24, 2.45) is 0 Å². The van der Waals surface area contributed by atoms with Crippen molar-refractivity contribution in [2.75, 3.05) is 6.54 Å². The molecule has 0 saturated carbocycles. The Morgan fingerprint density at radius 2 is 2.35 bits per heavy atom. The van der Waals surface area contributed by atoms with Crippen LogP contribution in [0.15, 0.2) is 16.7 Å². The van der Waals surface area contributed by atoms with Crippen LogP contribution >= 0.6 is 0 Å². The van der Waals surface area contributed by atoms with Gasteiger partial charge in [-0.2, -0.15) is 5.26 Å². The zero-order valence-electron chi connectivity index (χ0n) is 10.0. The second-order valence-corrected chi connectivity index (χ2v) is 4.08. The number of hydrogen-bond donors (Lipinski definition) is 1. The van der Waals surface area contributed by atoms with Crippen molar-refractivity contribution in [2.45, 2.75) is 32.9 Å². The summed E-state index contributed by atoms with van der Waals surface area (Å²) in [6, 6.07) is 3.89. The first-order valence-electron chi connectivity index (χ1n) is 5.46. The average molecular weight is 236 g/mol. The van der Waals surface area contributed by atoms with Crippen molar-refractivity contribution in [1.82, 2.24) is 4.90 Å². The number of rotatable bonds is 6. The molecule has 0 aliphatic carbocycles. The monoisotopic (exact) mass is 236 g/mol. The van der Waals surface area contributed by atoms with Gasteiger partial charge in [0.1, 0.15) is 12.0 Å². The van der Waals surface area contributed by atoms with E-state index in [1.165, 1.54) is 12.3 Å². The number of nitrogens with zero attached hydrogens (tertiary/aromatic N) is 2. The van der Waals surface area contributed by atoms with Crippen LogP contribution in [0.3, 0.4) is 0 Å². The Morgan fingerprint density at radius 1 is 1.65 bits per heavy atom. The lowest BCUT2D eigenvalue weighted by atomic mass is 10.2. The van der Waals surface area contributed by atoms with Gasteiger partial charge >= 0.3 is 5.97 Å². The second kappa shape index (κ2) is 6.06. The van der Waals surface area contributed by atoms with E-state index in [0.717, 1.165) is 0 Å². The molecule has 0 spiro atoms. The van der Waals surface area contributed by atoms with Crippen molar-refractivity contribution in [1.29, 1.82) is 5.26 Å². The van der Waals surface area contributed by atoms with Gasteiger partial charge in [0.2, 0.25) is 0 Å². The Morgan fingerprint density at radius 3 is 2.82 bits per heavy atom. The highest BCUT2D eigenvalue weighted by atomic mass is 16.4. The van der Waals surface area contributed by atoms with Crippen molar-refractivity contribution in [3.8, 4) is 6.07 Å². The van der Waals surface area contributed by atoms with Crippen molar-refractivity contribution in [3.63, 3.8) is 0 Å². The molecule has 5 nitrogen and oxygen atoms in total. The summed E-state index contributed by atoms with van der Waals surface area (Å²) in [4.78, 5) is 12.8. The standard InChI is InChI=1S/C12H16N2O3/c1-9(2)14(5-3-4-13)7-11-6-10(8-17-11)12(15)16/h6,8-9H,3,5,7H2,1-2H3,(H,15,16). The van der Waals surface area contributed by atoms with E-state index in [4.69, 9.17) is 14.8 Å². The van der Waals surface area contributed by atoms with Crippen molar-refractivity contribution in [3.05, 3.63) is 23.7 Å². The molecule has 1 rings (SSSR count). The molecule has 5 heteroatoms. The third kappa shape index (κ3) is 3.93. The topological polar surface area (TPSA) is 77.5 Å². The summed E-state index contributed by atoms with van der Waals surface area (Å²) in [5, 5.41) is 17.3. The Hall–Kier alpha value is -1.80. The van der Waals surface area contributed by atoms with E-state index in [-0.39, 0.29) is 11.6 Å². The van der Waals surface area contributed by atoms with Crippen LogP contribution in [0.2, 0.25) is 0 Å². The lowest BCUT2D eigenvalue weighted by Crippen LogP contribution is -2.31. The molecule has 0 amide bonds. The molecule has 0 fully saturated rings.